The van der Waals surface area contributed by atoms with Gasteiger partial charge in [-0.2, -0.15) is 0 Å². The fourth-order valence-electron chi connectivity index (χ4n) is 1.78. The molecule has 0 saturated carbocycles. The van der Waals surface area contributed by atoms with Crippen molar-refractivity contribution in [2.24, 2.45) is 5.73 Å². The Morgan fingerprint density at radius 2 is 1.48 bits per heavy atom. The molecule has 154 valence electrons. The normalized spacial score (nSPS) is 15.0. The van der Waals surface area contributed by atoms with Crippen molar-refractivity contribution < 1.29 is 44.4 Å². The maximum Gasteiger partial charge on any atom is 0.322 e. The predicted molar refractivity (Wildman–Crippen MR) is 88.1 cm³/mol. The summed E-state index contributed by atoms with van der Waals surface area (Å²) in [4.78, 5) is 57.0. The molecule has 0 rings (SSSR count). The standard InChI is InChI=1S/C14H24N4O9/c1-6(20)11(15)14(27)18-8(5-19)13(26)17-7(2-3-9(21)22)12(25)16-4-10(23)24/h6-8,11,19-20H,2-5,15H2,1H3,(H,16,25)(H,17,26)(H,18,27)(H,21,22)(H,23,24). The largest absolute Gasteiger partial charge is 0.481 e. The lowest BCUT2D eigenvalue weighted by Crippen LogP contribution is -2.58. The highest BCUT2D eigenvalue weighted by Crippen LogP contribution is 2.00. The zero-order valence-corrected chi connectivity index (χ0v) is 14.5. The molecule has 13 heteroatoms. The van der Waals surface area contributed by atoms with Crippen molar-refractivity contribution >= 4 is 29.7 Å². The van der Waals surface area contributed by atoms with Gasteiger partial charge < -0.3 is 42.1 Å². The number of aliphatic hydroxyl groups is 2. The van der Waals surface area contributed by atoms with Crippen LogP contribution in [0.2, 0.25) is 0 Å². The summed E-state index contributed by atoms with van der Waals surface area (Å²) in [6, 6.07) is -4.31. The van der Waals surface area contributed by atoms with Crippen molar-refractivity contribution in [3.63, 3.8) is 0 Å². The topological polar surface area (TPSA) is 228 Å². The van der Waals surface area contributed by atoms with Crippen LogP contribution in [0.5, 0.6) is 0 Å². The van der Waals surface area contributed by atoms with E-state index in [2.05, 4.69) is 10.6 Å². The highest BCUT2D eigenvalue weighted by Gasteiger charge is 2.29. The lowest BCUT2D eigenvalue weighted by Gasteiger charge is -2.23. The van der Waals surface area contributed by atoms with Crippen LogP contribution < -0.4 is 21.7 Å². The van der Waals surface area contributed by atoms with Crippen molar-refractivity contribution in [2.45, 2.75) is 44.0 Å². The third-order valence-corrected chi connectivity index (χ3v) is 3.33. The number of carbonyl (C=O) groups is 5. The van der Waals surface area contributed by atoms with Gasteiger partial charge in [0, 0.05) is 6.42 Å². The van der Waals surface area contributed by atoms with E-state index in [4.69, 9.17) is 15.9 Å². The molecule has 4 atom stereocenters. The Balaban J connectivity index is 5.04. The number of nitrogens with one attached hydrogen (secondary N) is 3. The molecule has 0 aromatic rings. The highest BCUT2D eigenvalue weighted by atomic mass is 16.4. The van der Waals surface area contributed by atoms with E-state index in [9.17, 15) is 34.2 Å². The van der Waals surface area contributed by atoms with E-state index < -0.39 is 73.5 Å². The fourth-order valence-corrected chi connectivity index (χ4v) is 1.78. The summed E-state index contributed by atoms with van der Waals surface area (Å²) in [5.41, 5.74) is 5.40. The molecule has 27 heavy (non-hydrogen) atoms. The summed E-state index contributed by atoms with van der Waals surface area (Å²) in [7, 11) is 0. The molecule has 0 fully saturated rings. The van der Waals surface area contributed by atoms with Crippen LogP contribution in [0.4, 0.5) is 0 Å². The summed E-state index contributed by atoms with van der Waals surface area (Å²) in [6.45, 7) is -0.374. The molecule has 0 aromatic heterocycles. The molecule has 3 amide bonds. The van der Waals surface area contributed by atoms with Crippen molar-refractivity contribution in [2.75, 3.05) is 13.2 Å². The number of carbonyl (C=O) groups excluding carboxylic acids is 3. The van der Waals surface area contributed by atoms with Crippen molar-refractivity contribution in [1.82, 2.24) is 16.0 Å². The van der Waals surface area contributed by atoms with Crippen molar-refractivity contribution in [1.29, 1.82) is 0 Å². The quantitative estimate of drug-likeness (QED) is 0.159. The molecule has 9 N–H and O–H groups in total. The first-order valence-corrected chi connectivity index (χ1v) is 7.86. The van der Waals surface area contributed by atoms with E-state index in [1.807, 2.05) is 5.32 Å². The second-order valence-electron chi connectivity index (χ2n) is 5.62. The highest BCUT2D eigenvalue weighted by molar-refractivity contribution is 5.94. The Morgan fingerprint density at radius 1 is 0.926 bits per heavy atom. The fraction of sp³-hybridized carbons (Fsp3) is 0.643. The SMILES string of the molecule is CC(O)C(N)C(=O)NC(CO)C(=O)NC(CCC(=O)O)C(=O)NCC(=O)O. The molecule has 0 saturated heterocycles. The number of hydrogen-bond donors (Lipinski definition) is 8. The maximum atomic E-state index is 12.2. The van der Waals surface area contributed by atoms with Gasteiger partial charge in [-0.05, 0) is 13.3 Å². The van der Waals surface area contributed by atoms with Gasteiger partial charge in [-0.3, -0.25) is 24.0 Å². The van der Waals surface area contributed by atoms with E-state index in [0.717, 1.165) is 0 Å². The third-order valence-electron chi connectivity index (χ3n) is 3.33. The minimum absolute atomic E-state index is 0.355. The molecule has 0 radical (unpaired) electrons. The van der Waals surface area contributed by atoms with Gasteiger partial charge in [-0.15, -0.1) is 0 Å². The van der Waals surface area contributed by atoms with Gasteiger partial charge in [0.05, 0.1) is 12.7 Å². The maximum absolute atomic E-state index is 12.2. The lowest BCUT2D eigenvalue weighted by molar-refractivity contribution is -0.140. The van der Waals surface area contributed by atoms with Crippen LogP contribution in [0.1, 0.15) is 19.8 Å². The first-order valence-electron chi connectivity index (χ1n) is 7.86. The van der Waals surface area contributed by atoms with Crippen LogP contribution in [0.25, 0.3) is 0 Å². The minimum Gasteiger partial charge on any atom is -0.481 e. The number of hydrogen-bond acceptors (Lipinski definition) is 8. The molecular weight excluding hydrogens is 368 g/mol. The molecule has 13 nitrogen and oxygen atoms in total. The van der Waals surface area contributed by atoms with E-state index >= 15 is 0 Å². The summed E-state index contributed by atoms with van der Waals surface area (Å²) in [6.07, 6.45) is -2.09. The first-order chi connectivity index (χ1) is 12.5. The molecule has 0 aliphatic heterocycles. The van der Waals surface area contributed by atoms with Gasteiger partial charge in [0.2, 0.25) is 17.7 Å². The Hall–Kier alpha value is -2.77. The van der Waals surface area contributed by atoms with Gasteiger partial charge in [0.25, 0.3) is 0 Å². The summed E-state index contributed by atoms with van der Waals surface area (Å²) >= 11 is 0. The first kappa shape index (κ1) is 24.2. The van der Waals surface area contributed by atoms with Gasteiger partial charge >= 0.3 is 11.9 Å². The summed E-state index contributed by atoms with van der Waals surface area (Å²) < 4.78 is 0. The van der Waals surface area contributed by atoms with E-state index in [0.29, 0.717) is 0 Å². The summed E-state index contributed by atoms with van der Waals surface area (Å²) in [5, 5.41) is 42.0. The van der Waals surface area contributed by atoms with Crippen LogP contribution in [0.15, 0.2) is 0 Å². The molecule has 0 aromatic carbocycles. The Morgan fingerprint density at radius 3 is 1.93 bits per heavy atom. The number of amides is 3. The Bertz CT molecular complexity index is 567. The molecule has 0 heterocycles. The van der Waals surface area contributed by atoms with Gasteiger partial charge in [0.15, 0.2) is 0 Å². The smallest absolute Gasteiger partial charge is 0.322 e. The monoisotopic (exact) mass is 392 g/mol. The average molecular weight is 392 g/mol. The van der Waals surface area contributed by atoms with Gasteiger partial charge in [-0.1, -0.05) is 0 Å². The summed E-state index contributed by atoms with van der Waals surface area (Å²) in [5.74, 6) is -5.51. The number of carboxylic acids is 2. The van der Waals surface area contributed by atoms with Crippen molar-refractivity contribution in [3.05, 3.63) is 0 Å². The zero-order valence-electron chi connectivity index (χ0n) is 14.5. The molecule has 4 unspecified atom stereocenters. The Kier molecular flexibility index (Phi) is 10.6. The van der Waals surface area contributed by atoms with E-state index in [-0.39, 0.29) is 6.42 Å². The molecule has 0 spiro atoms. The van der Waals surface area contributed by atoms with Gasteiger partial charge in [-0.25, -0.2) is 0 Å². The zero-order chi connectivity index (χ0) is 21.1. The molecular formula is C14H24N4O9. The second kappa shape index (κ2) is 11.8. The number of aliphatic hydroxyl groups excluding tert-OH is 2. The van der Waals surface area contributed by atoms with Crippen LogP contribution >= 0.6 is 0 Å². The van der Waals surface area contributed by atoms with Crippen LogP contribution in [0.3, 0.4) is 0 Å². The lowest BCUT2D eigenvalue weighted by atomic mass is 10.1. The number of nitrogens with two attached hydrogens (primary N) is 1. The number of carboxylic acid groups (broad SMARTS) is 2. The number of rotatable bonds is 12. The predicted octanol–water partition coefficient (Wildman–Crippen LogP) is -4.28. The minimum atomic E-state index is -1.53. The van der Waals surface area contributed by atoms with Crippen LogP contribution in [-0.2, 0) is 24.0 Å². The van der Waals surface area contributed by atoms with Crippen LogP contribution in [-0.4, -0.2) is 87.5 Å². The van der Waals surface area contributed by atoms with Crippen LogP contribution in [0, 0.1) is 0 Å². The molecule has 0 bridgehead atoms. The second-order valence-corrected chi connectivity index (χ2v) is 5.62. The average Bonchev–Trinajstić information content (AvgIpc) is 2.59. The molecule has 0 aliphatic rings. The Labute approximate surface area is 153 Å². The van der Waals surface area contributed by atoms with E-state index in [1.165, 1.54) is 6.92 Å². The van der Waals surface area contributed by atoms with E-state index in [1.54, 1.807) is 0 Å². The third kappa shape index (κ3) is 9.48. The number of aliphatic carboxylic acids is 2. The van der Waals surface area contributed by atoms with Crippen molar-refractivity contribution in [3.8, 4) is 0 Å². The van der Waals surface area contributed by atoms with Gasteiger partial charge in [0.1, 0.15) is 24.7 Å². The molecule has 0 aliphatic carbocycles.